The molecule has 108 valence electrons. The van der Waals surface area contributed by atoms with Crippen LogP contribution in [0.2, 0.25) is 0 Å². The van der Waals surface area contributed by atoms with Crippen LogP contribution in [-0.2, 0) is 0 Å². The second kappa shape index (κ2) is 6.42. The zero-order chi connectivity index (χ0) is 15.2. The van der Waals surface area contributed by atoms with Gasteiger partial charge in [-0.2, -0.15) is 5.10 Å². The molecule has 0 aromatic heterocycles. The van der Waals surface area contributed by atoms with Gasteiger partial charge < -0.3 is 14.9 Å². The molecule has 0 unspecified atom stereocenters. The van der Waals surface area contributed by atoms with Crippen LogP contribution in [0.3, 0.4) is 0 Å². The molecule has 0 radical (unpaired) electrons. The fraction of sp³-hybridized carbons (Fsp3) is 0.0667. The summed E-state index contributed by atoms with van der Waals surface area (Å²) in [6, 6.07) is 10.7. The van der Waals surface area contributed by atoms with Gasteiger partial charge in [0.25, 0.3) is 0 Å². The molecule has 2 rings (SSSR count). The van der Waals surface area contributed by atoms with Gasteiger partial charge in [-0.05, 0) is 42.0 Å². The molecule has 0 bridgehead atoms. The largest absolute Gasteiger partial charge is 0.872 e. The molecule has 0 aliphatic carbocycles. The van der Waals surface area contributed by atoms with Crippen molar-refractivity contribution in [3.8, 4) is 11.5 Å². The van der Waals surface area contributed by atoms with Crippen molar-refractivity contribution in [1.82, 2.24) is 0 Å². The molecular formula is C15H13N2O4-. The smallest absolute Gasteiger partial charge is 0.335 e. The predicted octanol–water partition coefficient (Wildman–Crippen LogP) is 1.91. The number of anilines is 1. The number of hydrazone groups is 1. The maximum Gasteiger partial charge on any atom is 0.335 e. The predicted molar refractivity (Wildman–Crippen MR) is 77.1 cm³/mol. The highest BCUT2D eigenvalue weighted by atomic mass is 16.5. The zero-order valence-electron chi connectivity index (χ0n) is 11.2. The SMILES string of the molecule is COc1ccc([O-])c(/C=N/Nc2ccc(C(=O)O)cc2)c1. The minimum Gasteiger partial charge on any atom is -0.872 e. The van der Waals surface area contributed by atoms with Crippen LogP contribution in [0.25, 0.3) is 0 Å². The van der Waals surface area contributed by atoms with Gasteiger partial charge in [-0.25, -0.2) is 4.79 Å². The maximum absolute atomic E-state index is 11.6. The first-order valence-corrected chi connectivity index (χ1v) is 6.07. The van der Waals surface area contributed by atoms with Crippen LogP contribution in [0.1, 0.15) is 15.9 Å². The second-order valence-corrected chi connectivity index (χ2v) is 4.16. The Kier molecular flexibility index (Phi) is 4.40. The lowest BCUT2D eigenvalue weighted by atomic mass is 10.2. The van der Waals surface area contributed by atoms with Crippen LogP contribution in [0.15, 0.2) is 47.6 Å². The topological polar surface area (TPSA) is 94.0 Å². The fourth-order valence-electron chi connectivity index (χ4n) is 1.62. The monoisotopic (exact) mass is 285 g/mol. The molecule has 2 N–H and O–H groups in total. The van der Waals surface area contributed by atoms with Crippen molar-refractivity contribution >= 4 is 17.9 Å². The van der Waals surface area contributed by atoms with Crippen molar-refractivity contribution < 1.29 is 19.7 Å². The molecule has 0 spiro atoms. The molecule has 0 saturated heterocycles. The van der Waals surface area contributed by atoms with Crippen molar-refractivity contribution in [3.05, 3.63) is 53.6 Å². The minimum absolute atomic E-state index is 0.164. The van der Waals surface area contributed by atoms with Crippen molar-refractivity contribution in [3.63, 3.8) is 0 Å². The van der Waals surface area contributed by atoms with Gasteiger partial charge in [-0.15, -0.1) is 0 Å². The third-order valence-corrected chi connectivity index (χ3v) is 2.75. The maximum atomic E-state index is 11.6. The van der Waals surface area contributed by atoms with Crippen LogP contribution in [0.4, 0.5) is 5.69 Å². The van der Waals surface area contributed by atoms with E-state index in [-0.39, 0.29) is 11.3 Å². The van der Waals surface area contributed by atoms with Crippen molar-refractivity contribution in [1.29, 1.82) is 0 Å². The Morgan fingerprint density at radius 1 is 1.29 bits per heavy atom. The quantitative estimate of drug-likeness (QED) is 0.646. The van der Waals surface area contributed by atoms with Gasteiger partial charge in [0, 0.05) is 0 Å². The molecular weight excluding hydrogens is 272 g/mol. The summed E-state index contributed by atoms with van der Waals surface area (Å²) in [7, 11) is 1.52. The van der Waals surface area contributed by atoms with E-state index in [2.05, 4.69) is 10.5 Å². The van der Waals surface area contributed by atoms with Crippen molar-refractivity contribution in [2.75, 3.05) is 12.5 Å². The highest BCUT2D eigenvalue weighted by molar-refractivity contribution is 5.88. The number of nitrogens with one attached hydrogen (secondary N) is 1. The Morgan fingerprint density at radius 3 is 2.62 bits per heavy atom. The lowest BCUT2D eigenvalue weighted by Crippen LogP contribution is -1.99. The van der Waals surface area contributed by atoms with E-state index in [1.54, 1.807) is 24.3 Å². The second-order valence-electron chi connectivity index (χ2n) is 4.16. The van der Waals surface area contributed by atoms with Crippen molar-refractivity contribution in [2.45, 2.75) is 0 Å². The van der Waals surface area contributed by atoms with Crippen LogP contribution in [0, 0.1) is 0 Å². The number of hydrogen-bond acceptors (Lipinski definition) is 5. The number of carboxylic acid groups (broad SMARTS) is 1. The lowest BCUT2D eigenvalue weighted by Gasteiger charge is -2.11. The Hall–Kier alpha value is -3.02. The summed E-state index contributed by atoms with van der Waals surface area (Å²) in [5.41, 5.74) is 3.92. The number of methoxy groups -OCH3 is 1. The standard InChI is InChI=1S/C15H14N2O4/c1-21-13-6-7-14(18)11(8-13)9-16-17-12-4-2-10(3-5-12)15(19)20/h2-9,17-18H,1H3,(H,19,20)/p-1/b16-9+. The molecule has 0 amide bonds. The number of carbonyl (C=O) groups is 1. The van der Waals surface area contributed by atoms with Gasteiger partial charge in [0.2, 0.25) is 0 Å². The first kappa shape index (κ1) is 14.4. The normalized spacial score (nSPS) is 10.5. The summed E-state index contributed by atoms with van der Waals surface area (Å²) in [6.45, 7) is 0. The average molecular weight is 285 g/mol. The first-order chi connectivity index (χ1) is 10.1. The van der Waals surface area contributed by atoms with E-state index < -0.39 is 5.97 Å². The molecule has 0 aliphatic heterocycles. The van der Waals surface area contributed by atoms with Gasteiger partial charge in [-0.3, -0.25) is 5.43 Å². The highest BCUT2D eigenvalue weighted by Gasteiger charge is 2.00. The van der Waals surface area contributed by atoms with E-state index in [0.29, 0.717) is 17.0 Å². The van der Waals surface area contributed by atoms with Gasteiger partial charge in [0.15, 0.2) is 0 Å². The minimum atomic E-state index is -0.988. The lowest BCUT2D eigenvalue weighted by molar-refractivity contribution is -0.268. The Balaban J connectivity index is 2.06. The third kappa shape index (κ3) is 3.73. The number of ether oxygens (including phenoxy) is 1. The van der Waals surface area contributed by atoms with Crippen LogP contribution in [-0.4, -0.2) is 24.4 Å². The Labute approximate surface area is 121 Å². The molecule has 0 atom stereocenters. The molecule has 0 aliphatic rings. The number of aromatic carboxylic acids is 1. The number of hydrogen-bond donors (Lipinski definition) is 2. The summed E-state index contributed by atoms with van der Waals surface area (Å²) in [6.07, 6.45) is 1.38. The number of rotatable bonds is 5. The van der Waals surface area contributed by atoms with E-state index in [9.17, 15) is 9.90 Å². The number of nitrogens with zero attached hydrogens (tertiary/aromatic N) is 1. The summed E-state index contributed by atoms with van der Waals surface area (Å²) >= 11 is 0. The molecule has 6 heteroatoms. The van der Waals surface area contributed by atoms with Gasteiger partial charge in [0.05, 0.1) is 24.6 Å². The van der Waals surface area contributed by atoms with Gasteiger partial charge >= 0.3 is 5.97 Å². The summed E-state index contributed by atoms with van der Waals surface area (Å²) in [5.74, 6) is -0.582. The highest BCUT2D eigenvalue weighted by Crippen LogP contribution is 2.19. The van der Waals surface area contributed by atoms with Crippen LogP contribution < -0.4 is 15.3 Å². The van der Waals surface area contributed by atoms with E-state index in [0.717, 1.165) is 0 Å². The molecule has 0 fully saturated rings. The number of carboxylic acids is 1. The van der Waals surface area contributed by atoms with Crippen LogP contribution in [0.5, 0.6) is 11.5 Å². The Bertz CT molecular complexity index is 666. The van der Waals surface area contributed by atoms with Crippen molar-refractivity contribution in [2.24, 2.45) is 5.10 Å². The third-order valence-electron chi connectivity index (χ3n) is 2.75. The molecule has 0 saturated carbocycles. The van der Waals surface area contributed by atoms with Crippen LogP contribution >= 0.6 is 0 Å². The molecule has 21 heavy (non-hydrogen) atoms. The zero-order valence-corrected chi connectivity index (χ0v) is 11.2. The van der Waals surface area contributed by atoms with E-state index in [1.807, 2.05) is 0 Å². The average Bonchev–Trinajstić information content (AvgIpc) is 2.49. The summed E-state index contributed by atoms with van der Waals surface area (Å²) in [5, 5.41) is 24.3. The summed E-state index contributed by atoms with van der Waals surface area (Å²) < 4.78 is 5.03. The fourth-order valence-corrected chi connectivity index (χ4v) is 1.62. The number of benzene rings is 2. The molecule has 6 nitrogen and oxygen atoms in total. The molecule has 2 aromatic rings. The van der Waals surface area contributed by atoms with Gasteiger partial charge in [-0.1, -0.05) is 11.8 Å². The van der Waals surface area contributed by atoms with E-state index >= 15 is 0 Å². The first-order valence-electron chi connectivity index (χ1n) is 6.07. The van der Waals surface area contributed by atoms with Gasteiger partial charge in [0.1, 0.15) is 5.75 Å². The molecule has 2 aromatic carbocycles. The van der Waals surface area contributed by atoms with E-state index in [4.69, 9.17) is 9.84 Å². The van der Waals surface area contributed by atoms with E-state index in [1.165, 1.54) is 31.5 Å². The Morgan fingerprint density at radius 2 is 2.00 bits per heavy atom. The molecule has 0 heterocycles. The summed E-state index contributed by atoms with van der Waals surface area (Å²) in [4.78, 5) is 10.7.